The van der Waals surface area contributed by atoms with E-state index in [0.29, 0.717) is 28.4 Å². The van der Waals surface area contributed by atoms with Gasteiger partial charge in [-0.05, 0) is 52.2 Å². The summed E-state index contributed by atoms with van der Waals surface area (Å²) in [4.78, 5) is 0. The van der Waals surface area contributed by atoms with E-state index >= 15 is 0 Å². The highest BCUT2D eigenvalue weighted by Gasteiger charge is 2.08. The van der Waals surface area contributed by atoms with Crippen molar-refractivity contribution in [3.63, 3.8) is 0 Å². The van der Waals surface area contributed by atoms with Crippen LogP contribution >= 0.6 is 27.5 Å². The molecule has 6 heteroatoms. The Morgan fingerprint density at radius 3 is 2.86 bits per heavy atom. The van der Waals surface area contributed by atoms with E-state index in [4.69, 9.17) is 16.3 Å². The molecule has 0 unspecified atom stereocenters. The molecule has 0 amide bonds. The number of nitrogens with one attached hydrogen (secondary N) is 1. The topological polar surface area (TPSA) is 53.8 Å². The van der Waals surface area contributed by atoms with Gasteiger partial charge in [0.05, 0.1) is 23.8 Å². The number of hydrogen-bond donors (Lipinski definition) is 2. The molecule has 0 aliphatic heterocycles. The second kappa shape index (κ2) is 8.06. The van der Waals surface area contributed by atoms with Crippen molar-refractivity contribution in [3.8, 4) is 11.5 Å². The van der Waals surface area contributed by atoms with Crippen LogP contribution in [-0.2, 0) is 6.54 Å². The molecule has 0 radical (unpaired) electrons. The summed E-state index contributed by atoms with van der Waals surface area (Å²) in [5.41, 5.74) is 4.72. The van der Waals surface area contributed by atoms with Crippen LogP contribution in [0.1, 0.15) is 18.1 Å². The van der Waals surface area contributed by atoms with Gasteiger partial charge < -0.3 is 15.3 Å². The average molecular weight is 384 g/mol. The molecule has 0 saturated carbocycles. The lowest BCUT2D eigenvalue weighted by molar-refractivity contribution is 0.317. The quantitative estimate of drug-likeness (QED) is 0.576. The van der Waals surface area contributed by atoms with E-state index in [9.17, 15) is 5.11 Å². The second-order valence-electron chi connectivity index (χ2n) is 4.47. The van der Waals surface area contributed by atoms with Crippen molar-refractivity contribution in [2.24, 2.45) is 5.10 Å². The van der Waals surface area contributed by atoms with Crippen molar-refractivity contribution in [1.29, 1.82) is 0 Å². The van der Waals surface area contributed by atoms with E-state index in [-0.39, 0.29) is 5.75 Å². The van der Waals surface area contributed by atoms with Crippen LogP contribution < -0.4 is 10.2 Å². The van der Waals surface area contributed by atoms with E-state index in [1.807, 2.05) is 31.2 Å². The van der Waals surface area contributed by atoms with Gasteiger partial charge in [0, 0.05) is 5.02 Å². The van der Waals surface area contributed by atoms with Gasteiger partial charge in [-0.3, -0.25) is 0 Å². The summed E-state index contributed by atoms with van der Waals surface area (Å²) in [5, 5.41) is 14.7. The van der Waals surface area contributed by atoms with Gasteiger partial charge in [-0.1, -0.05) is 29.8 Å². The lowest BCUT2D eigenvalue weighted by Gasteiger charge is -2.08. The fraction of sp³-hybridized carbons (Fsp3) is 0.188. The molecular formula is C16H16BrClN2O2. The monoisotopic (exact) mass is 382 g/mol. The highest BCUT2D eigenvalue weighted by molar-refractivity contribution is 9.10. The molecule has 4 nitrogen and oxygen atoms in total. The first kappa shape index (κ1) is 16.6. The molecule has 2 aromatic rings. The predicted molar refractivity (Wildman–Crippen MR) is 92.9 cm³/mol. The van der Waals surface area contributed by atoms with Crippen molar-refractivity contribution in [3.05, 3.63) is 57.0 Å². The Morgan fingerprint density at radius 2 is 2.14 bits per heavy atom. The summed E-state index contributed by atoms with van der Waals surface area (Å²) in [5.74, 6) is 0.507. The Kier molecular flexibility index (Phi) is 6.10. The van der Waals surface area contributed by atoms with Gasteiger partial charge in [0.1, 0.15) is 0 Å². The zero-order valence-corrected chi connectivity index (χ0v) is 14.4. The van der Waals surface area contributed by atoms with E-state index < -0.39 is 0 Å². The molecule has 2 aromatic carbocycles. The first-order chi connectivity index (χ1) is 10.6. The zero-order valence-electron chi connectivity index (χ0n) is 12.0. The van der Waals surface area contributed by atoms with Gasteiger partial charge in [-0.25, -0.2) is 0 Å². The fourth-order valence-corrected chi connectivity index (χ4v) is 2.49. The number of phenols is 1. The van der Waals surface area contributed by atoms with Crippen LogP contribution in [-0.4, -0.2) is 17.9 Å². The van der Waals surface area contributed by atoms with E-state index in [1.54, 1.807) is 18.3 Å². The normalized spacial score (nSPS) is 10.9. The molecule has 0 aliphatic carbocycles. The Hall–Kier alpha value is -1.72. The van der Waals surface area contributed by atoms with Crippen LogP contribution in [0.4, 0.5) is 0 Å². The smallest absolute Gasteiger partial charge is 0.172 e. The molecule has 2 N–H and O–H groups in total. The highest BCUT2D eigenvalue weighted by atomic mass is 79.9. The van der Waals surface area contributed by atoms with Crippen LogP contribution in [0.25, 0.3) is 0 Å². The minimum atomic E-state index is 0.0861. The molecule has 0 saturated heterocycles. The maximum Gasteiger partial charge on any atom is 0.172 e. The Morgan fingerprint density at radius 1 is 1.36 bits per heavy atom. The van der Waals surface area contributed by atoms with Gasteiger partial charge in [-0.2, -0.15) is 5.10 Å². The summed E-state index contributed by atoms with van der Waals surface area (Å²) >= 11 is 9.36. The van der Waals surface area contributed by atoms with Crippen LogP contribution in [0.15, 0.2) is 46.0 Å². The van der Waals surface area contributed by atoms with Gasteiger partial charge in [-0.15, -0.1) is 0 Å². The lowest BCUT2D eigenvalue weighted by Crippen LogP contribution is -2.06. The molecule has 0 aliphatic rings. The van der Waals surface area contributed by atoms with Crippen molar-refractivity contribution in [1.82, 2.24) is 5.43 Å². The molecule has 0 atom stereocenters. The largest absolute Gasteiger partial charge is 0.503 e. The second-order valence-corrected chi connectivity index (χ2v) is 5.73. The number of hydrogen-bond acceptors (Lipinski definition) is 4. The third-order valence-corrected chi connectivity index (χ3v) is 3.86. The molecule has 22 heavy (non-hydrogen) atoms. The van der Waals surface area contributed by atoms with Gasteiger partial charge in [0.2, 0.25) is 0 Å². The number of halogens is 2. The van der Waals surface area contributed by atoms with Crippen molar-refractivity contribution < 1.29 is 9.84 Å². The molecule has 116 valence electrons. The van der Waals surface area contributed by atoms with E-state index in [1.165, 1.54) is 0 Å². The minimum Gasteiger partial charge on any atom is -0.503 e. The Bertz CT molecular complexity index is 677. The van der Waals surface area contributed by atoms with Gasteiger partial charge in [0.25, 0.3) is 0 Å². The predicted octanol–water partition coefficient (Wildman–Crippen LogP) is 4.33. The first-order valence-electron chi connectivity index (χ1n) is 6.76. The summed E-state index contributed by atoms with van der Waals surface area (Å²) < 4.78 is 5.93. The third kappa shape index (κ3) is 4.39. The van der Waals surface area contributed by atoms with Gasteiger partial charge >= 0.3 is 0 Å². The van der Waals surface area contributed by atoms with Crippen molar-refractivity contribution in [2.45, 2.75) is 13.5 Å². The minimum absolute atomic E-state index is 0.0861. The molecule has 0 bridgehead atoms. The molecule has 0 heterocycles. The molecule has 0 spiro atoms. The lowest BCUT2D eigenvalue weighted by atomic mass is 10.2. The number of rotatable bonds is 6. The zero-order chi connectivity index (χ0) is 15.9. The SMILES string of the molecule is CCOc1cc(/C=N\NCc2ccccc2Cl)cc(Br)c1O. The molecule has 0 fully saturated rings. The summed E-state index contributed by atoms with van der Waals surface area (Å²) in [7, 11) is 0. The molecular weight excluding hydrogens is 368 g/mol. The summed E-state index contributed by atoms with van der Waals surface area (Å²) in [6, 6.07) is 11.1. The number of ether oxygens (including phenoxy) is 1. The average Bonchev–Trinajstić information content (AvgIpc) is 2.50. The third-order valence-electron chi connectivity index (χ3n) is 2.88. The first-order valence-corrected chi connectivity index (χ1v) is 7.93. The van der Waals surface area contributed by atoms with Crippen molar-refractivity contribution >= 4 is 33.7 Å². The Balaban J connectivity index is 2.03. The number of phenolic OH excluding ortho intramolecular Hbond substituents is 1. The standard InChI is InChI=1S/C16H16BrClN2O2/c1-2-22-15-8-11(7-13(17)16(15)21)9-19-20-10-12-5-3-4-6-14(12)18/h3-9,20-21H,2,10H2,1H3/b19-9-. The van der Waals surface area contributed by atoms with E-state index in [2.05, 4.69) is 26.5 Å². The van der Waals surface area contributed by atoms with Crippen LogP contribution in [0.3, 0.4) is 0 Å². The van der Waals surface area contributed by atoms with Crippen LogP contribution in [0, 0.1) is 0 Å². The molecule has 0 aromatic heterocycles. The van der Waals surface area contributed by atoms with E-state index in [0.717, 1.165) is 11.1 Å². The van der Waals surface area contributed by atoms with Crippen LogP contribution in [0.5, 0.6) is 11.5 Å². The number of hydrazone groups is 1. The number of aromatic hydroxyl groups is 1. The van der Waals surface area contributed by atoms with Crippen molar-refractivity contribution in [2.75, 3.05) is 6.61 Å². The highest BCUT2D eigenvalue weighted by Crippen LogP contribution is 2.35. The number of nitrogens with zero attached hydrogens (tertiary/aromatic N) is 1. The maximum atomic E-state index is 9.86. The summed E-state index contributed by atoms with van der Waals surface area (Å²) in [6.07, 6.45) is 1.66. The number of benzene rings is 2. The van der Waals surface area contributed by atoms with Gasteiger partial charge in [0.15, 0.2) is 11.5 Å². The molecule has 2 rings (SSSR count). The van der Waals surface area contributed by atoms with Crippen LogP contribution in [0.2, 0.25) is 5.02 Å². The summed E-state index contributed by atoms with van der Waals surface area (Å²) in [6.45, 7) is 2.87. The maximum absolute atomic E-state index is 9.86. The Labute approximate surface area is 142 Å². The fourth-order valence-electron chi connectivity index (χ4n) is 1.83.